The quantitative estimate of drug-likeness (QED) is 0.778. The average Bonchev–Trinajstić information content (AvgIpc) is 2.97. The predicted octanol–water partition coefficient (Wildman–Crippen LogP) is 1.92. The van der Waals surface area contributed by atoms with Crippen molar-refractivity contribution in [3.05, 3.63) is 35.4 Å². The first-order valence-corrected chi connectivity index (χ1v) is 4.92. The summed E-state index contributed by atoms with van der Waals surface area (Å²) in [7, 11) is 0. The van der Waals surface area contributed by atoms with Crippen LogP contribution in [-0.2, 0) is 11.3 Å². The van der Waals surface area contributed by atoms with Gasteiger partial charge in [0.05, 0.1) is 0 Å². The van der Waals surface area contributed by atoms with Gasteiger partial charge < -0.3 is 10.4 Å². The number of nitrogens with one attached hydrogen (secondary N) is 1. The second-order valence-corrected chi connectivity index (χ2v) is 3.54. The minimum atomic E-state index is -0.507. The number of hydrogen-bond donors (Lipinski definition) is 2. The fourth-order valence-corrected chi connectivity index (χ4v) is 1.26. The molecule has 0 heterocycles. The Kier molecular flexibility index (Phi) is 4.85. The maximum atomic E-state index is 12.7. The van der Waals surface area contributed by atoms with Gasteiger partial charge in [0, 0.05) is 18.7 Å². The van der Waals surface area contributed by atoms with Crippen molar-refractivity contribution in [3.63, 3.8) is 0 Å². The summed E-state index contributed by atoms with van der Waals surface area (Å²) in [6.45, 7) is 0.305. The Hall–Kier alpha value is -1.49. The van der Waals surface area contributed by atoms with Crippen LogP contribution in [0.1, 0.15) is 18.4 Å². The Morgan fingerprint density at radius 2 is 1.81 bits per heavy atom. The summed E-state index contributed by atoms with van der Waals surface area (Å²) in [6, 6.07) is 4.17. The fourth-order valence-electron chi connectivity index (χ4n) is 1.26. The van der Waals surface area contributed by atoms with E-state index in [1.165, 1.54) is 25.0 Å². The van der Waals surface area contributed by atoms with Crippen LogP contribution in [0.5, 0.6) is 0 Å². The van der Waals surface area contributed by atoms with Crippen molar-refractivity contribution >= 4 is 6.47 Å². The molecule has 1 aliphatic rings. The van der Waals surface area contributed by atoms with Crippen LogP contribution in [-0.4, -0.2) is 17.6 Å². The molecule has 3 nitrogen and oxygen atoms in total. The summed E-state index contributed by atoms with van der Waals surface area (Å²) in [4.78, 5) is 8.36. The van der Waals surface area contributed by atoms with Gasteiger partial charge in [-0.15, -0.1) is 0 Å². The SMILES string of the molecule is Fc1cc(F)cc(CNC2CC2)c1.O=CO. The number of rotatable bonds is 3. The van der Waals surface area contributed by atoms with Gasteiger partial charge in [-0.25, -0.2) is 8.78 Å². The average molecular weight is 229 g/mol. The Bertz CT molecular complexity index is 334. The first kappa shape index (κ1) is 12.6. The molecule has 0 unspecified atom stereocenters. The summed E-state index contributed by atoms with van der Waals surface area (Å²) in [5, 5.41) is 10.1. The third-order valence-electron chi connectivity index (χ3n) is 2.09. The number of carbonyl (C=O) groups is 1. The lowest BCUT2D eigenvalue weighted by Gasteiger charge is -2.02. The van der Waals surface area contributed by atoms with Crippen LogP contribution < -0.4 is 5.32 Å². The maximum absolute atomic E-state index is 12.7. The summed E-state index contributed by atoms with van der Waals surface area (Å²) in [6.07, 6.45) is 2.36. The Balaban J connectivity index is 0.000000386. The number of carboxylic acid groups (broad SMARTS) is 1. The first-order valence-electron chi connectivity index (χ1n) is 4.92. The molecule has 1 aromatic rings. The smallest absolute Gasteiger partial charge is 0.290 e. The molecule has 1 fully saturated rings. The third kappa shape index (κ3) is 4.84. The van der Waals surface area contributed by atoms with Crippen molar-refractivity contribution in [3.8, 4) is 0 Å². The molecule has 16 heavy (non-hydrogen) atoms. The standard InChI is InChI=1S/C10H11F2N.CH2O2/c11-8-3-7(4-9(12)5-8)6-13-10-1-2-10;2-1-3/h3-5,10,13H,1-2,6H2;1H,(H,2,3). The van der Waals surface area contributed by atoms with E-state index in [9.17, 15) is 8.78 Å². The van der Waals surface area contributed by atoms with Crippen molar-refractivity contribution < 1.29 is 18.7 Å². The Morgan fingerprint density at radius 3 is 2.25 bits per heavy atom. The zero-order chi connectivity index (χ0) is 12.0. The van der Waals surface area contributed by atoms with E-state index >= 15 is 0 Å². The summed E-state index contributed by atoms with van der Waals surface area (Å²) in [5.41, 5.74) is 0.671. The minimum absolute atomic E-state index is 0.250. The molecule has 1 aromatic carbocycles. The van der Waals surface area contributed by atoms with Gasteiger partial charge in [0.25, 0.3) is 6.47 Å². The zero-order valence-corrected chi connectivity index (χ0v) is 8.62. The minimum Gasteiger partial charge on any atom is -0.483 e. The van der Waals surface area contributed by atoms with E-state index in [4.69, 9.17) is 9.90 Å². The van der Waals surface area contributed by atoms with Crippen LogP contribution >= 0.6 is 0 Å². The van der Waals surface area contributed by atoms with Gasteiger partial charge in [-0.05, 0) is 30.5 Å². The van der Waals surface area contributed by atoms with Crippen molar-refractivity contribution in [2.24, 2.45) is 0 Å². The molecule has 0 amide bonds. The van der Waals surface area contributed by atoms with Crippen LogP contribution in [0.15, 0.2) is 18.2 Å². The summed E-state index contributed by atoms with van der Waals surface area (Å²) < 4.78 is 25.4. The predicted molar refractivity (Wildman–Crippen MR) is 54.9 cm³/mol. The highest BCUT2D eigenvalue weighted by Crippen LogP contribution is 2.19. The molecule has 1 aliphatic carbocycles. The highest BCUT2D eigenvalue weighted by molar-refractivity contribution is 5.32. The van der Waals surface area contributed by atoms with E-state index in [0.717, 1.165) is 6.07 Å². The summed E-state index contributed by atoms with van der Waals surface area (Å²) in [5.74, 6) is -1.01. The van der Waals surface area contributed by atoms with Gasteiger partial charge in [0.15, 0.2) is 0 Å². The third-order valence-corrected chi connectivity index (χ3v) is 2.09. The molecular weight excluding hydrogens is 216 g/mol. The second-order valence-electron chi connectivity index (χ2n) is 3.54. The van der Waals surface area contributed by atoms with Gasteiger partial charge in [-0.1, -0.05) is 0 Å². The molecule has 2 rings (SSSR count). The molecule has 2 N–H and O–H groups in total. The van der Waals surface area contributed by atoms with E-state index in [1.807, 2.05) is 0 Å². The topological polar surface area (TPSA) is 49.3 Å². The van der Waals surface area contributed by atoms with Gasteiger partial charge in [-0.2, -0.15) is 0 Å². The molecule has 0 spiro atoms. The van der Waals surface area contributed by atoms with Crippen molar-refractivity contribution in [2.45, 2.75) is 25.4 Å². The fraction of sp³-hybridized carbons (Fsp3) is 0.364. The lowest BCUT2D eigenvalue weighted by Crippen LogP contribution is -2.15. The lowest BCUT2D eigenvalue weighted by atomic mass is 10.2. The molecule has 5 heteroatoms. The highest BCUT2D eigenvalue weighted by atomic mass is 19.1. The molecule has 0 radical (unpaired) electrons. The number of benzene rings is 1. The van der Waals surface area contributed by atoms with Gasteiger partial charge in [0.1, 0.15) is 11.6 Å². The maximum Gasteiger partial charge on any atom is 0.290 e. The molecule has 0 atom stereocenters. The van der Waals surface area contributed by atoms with Crippen LogP contribution in [0.3, 0.4) is 0 Å². The van der Waals surface area contributed by atoms with Crippen LogP contribution in [0, 0.1) is 11.6 Å². The largest absolute Gasteiger partial charge is 0.483 e. The van der Waals surface area contributed by atoms with E-state index < -0.39 is 11.6 Å². The normalized spacial score (nSPS) is 13.9. The van der Waals surface area contributed by atoms with E-state index in [-0.39, 0.29) is 6.47 Å². The van der Waals surface area contributed by atoms with E-state index in [1.54, 1.807) is 0 Å². The van der Waals surface area contributed by atoms with Crippen LogP contribution in [0.2, 0.25) is 0 Å². The lowest BCUT2D eigenvalue weighted by molar-refractivity contribution is -0.122. The number of halogens is 2. The number of hydrogen-bond acceptors (Lipinski definition) is 2. The van der Waals surface area contributed by atoms with Crippen molar-refractivity contribution in [2.75, 3.05) is 0 Å². The molecular formula is C11H13F2NO2. The second kappa shape index (κ2) is 6.17. The van der Waals surface area contributed by atoms with E-state index in [2.05, 4.69) is 5.32 Å². The zero-order valence-electron chi connectivity index (χ0n) is 8.62. The first-order chi connectivity index (χ1) is 7.65. The Morgan fingerprint density at radius 1 is 1.31 bits per heavy atom. The monoisotopic (exact) mass is 229 g/mol. The molecule has 0 bridgehead atoms. The Labute approximate surface area is 92.1 Å². The van der Waals surface area contributed by atoms with Gasteiger partial charge >= 0.3 is 0 Å². The van der Waals surface area contributed by atoms with E-state index in [0.29, 0.717) is 18.2 Å². The van der Waals surface area contributed by atoms with Crippen LogP contribution in [0.4, 0.5) is 8.78 Å². The van der Waals surface area contributed by atoms with Crippen LogP contribution in [0.25, 0.3) is 0 Å². The van der Waals surface area contributed by atoms with Crippen molar-refractivity contribution in [1.82, 2.24) is 5.32 Å². The van der Waals surface area contributed by atoms with Gasteiger partial charge in [0.2, 0.25) is 0 Å². The van der Waals surface area contributed by atoms with Gasteiger partial charge in [-0.3, -0.25) is 4.79 Å². The summed E-state index contributed by atoms with van der Waals surface area (Å²) >= 11 is 0. The highest BCUT2D eigenvalue weighted by Gasteiger charge is 2.19. The molecule has 1 saturated carbocycles. The molecule has 0 saturated heterocycles. The molecule has 0 aliphatic heterocycles. The molecule has 88 valence electrons. The molecule has 0 aromatic heterocycles. The van der Waals surface area contributed by atoms with Crippen molar-refractivity contribution in [1.29, 1.82) is 0 Å².